The van der Waals surface area contributed by atoms with Crippen LogP contribution in [0.3, 0.4) is 0 Å². The molecule has 2 aromatic rings. The van der Waals surface area contributed by atoms with E-state index < -0.39 is 11.8 Å². The highest BCUT2D eigenvalue weighted by molar-refractivity contribution is 5.97. The van der Waals surface area contributed by atoms with Gasteiger partial charge in [0, 0.05) is 0 Å². The molecular formula is C11H11N5O2. The minimum Gasteiger partial charge on any atom is -0.396 e. The third-order valence-corrected chi connectivity index (χ3v) is 2.39. The van der Waals surface area contributed by atoms with Gasteiger partial charge in [-0.05, 0) is 12.1 Å². The van der Waals surface area contributed by atoms with Gasteiger partial charge < -0.3 is 17.2 Å². The van der Waals surface area contributed by atoms with Gasteiger partial charge in [-0.15, -0.1) is 0 Å². The van der Waals surface area contributed by atoms with Gasteiger partial charge in [0.25, 0.3) is 11.8 Å². The van der Waals surface area contributed by atoms with Crippen LogP contribution in [0.2, 0.25) is 0 Å². The van der Waals surface area contributed by atoms with Crippen LogP contribution in [0.5, 0.6) is 0 Å². The molecule has 1 aromatic carbocycles. The Kier molecular flexibility index (Phi) is 2.72. The molecule has 0 saturated heterocycles. The normalized spacial score (nSPS) is 10.2. The van der Waals surface area contributed by atoms with E-state index in [1.54, 1.807) is 24.3 Å². The Hall–Kier alpha value is -2.83. The smallest absolute Gasteiger partial charge is 0.271 e. The van der Waals surface area contributed by atoms with E-state index in [-0.39, 0.29) is 16.9 Å². The maximum Gasteiger partial charge on any atom is 0.271 e. The summed E-state index contributed by atoms with van der Waals surface area (Å²) in [6, 6.07) is 6.58. The zero-order chi connectivity index (χ0) is 13.3. The fourth-order valence-electron chi connectivity index (χ4n) is 1.58. The van der Waals surface area contributed by atoms with Crippen LogP contribution in [0.4, 0.5) is 5.69 Å². The number of para-hydroxylation sites is 1. The molecule has 0 aliphatic carbocycles. The van der Waals surface area contributed by atoms with Crippen LogP contribution in [-0.4, -0.2) is 21.6 Å². The number of hydrogen-bond acceptors (Lipinski definition) is 4. The standard InChI is InChI=1S/C11H11N5O2/c12-7-5-16(15-9(7)11(14)18)8-4-2-1-3-6(8)10(13)17/h1-5H,12H2,(H2,13,17)(H2,14,18). The lowest BCUT2D eigenvalue weighted by atomic mass is 10.1. The molecule has 0 radical (unpaired) electrons. The van der Waals surface area contributed by atoms with E-state index in [0.29, 0.717) is 5.69 Å². The predicted octanol–water partition coefficient (Wildman–Crippen LogP) is -0.348. The number of nitrogens with zero attached hydrogens (tertiary/aromatic N) is 2. The Morgan fingerprint density at radius 2 is 1.78 bits per heavy atom. The summed E-state index contributed by atoms with van der Waals surface area (Å²) in [5.41, 5.74) is 16.8. The van der Waals surface area contributed by atoms with Gasteiger partial charge in [0.1, 0.15) is 0 Å². The Bertz CT molecular complexity index is 632. The Labute approximate surface area is 102 Å². The SMILES string of the molecule is NC(=O)c1ccccc1-n1cc(N)c(C(N)=O)n1. The van der Waals surface area contributed by atoms with Crippen molar-refractivity contribution in [2.45, 2.75) is 0 Å². The molecule has 2 amide bonds. The van der Waals surface area contributed by atoms with Gasteiger partial charge in [-0.25, -0.2) is 4.68 Å². The topological polar surface area (TPSA) is 130 Å². The predicted molar refractivity (Wildman–Crippen MR) is 65.0 cm³/mol. The molecule has 0 aliphatic rings. The van der Waals surface area contributed by atoms with Crippen molar-refractivity contribution in [2.75, 3.05) is 5.73 Å². The number of rotatable bonds is 3. The molecule has 0 spiro atoms. The van der Waals surface area contributed by atoms with E-state index in [4.69, 9.17) is 17.2 Å². The summed E-state index contributed by atoms with van der Waals surface area (Å²) < 4.78 is 1.30. The van der Waals surface area contributed by atoms with E-state index in [2.05, 4.69) is 5.10 Å². The second kappa shape index (κ2) is 4.21. The molecule has 2 rings (SSSR count). The molecule has 0 saturated carbocycles. The van der Waals surface area contributed by atoms with Crippen LogP contribution < -0.4 is 17.2 Å². The van der Waals surface area contributed by atoms with Gasteiger partial charge >= 0.3 is 0 Å². The number of carbonyl (C=O) groups excluding carboxylic acids is 2. The van der Waals surface area contributed by atoms with Crippen LogP contribution in [0, 0.1) is 0 Å². The van der Waals surface area contributed by atoms with Crippen molar-refractivity contribution < 1.29 is 9.59 Å². The van der Waals surface area contributed by atoms with Gasteiger partial charge in [-0.1, -0.05) is 12.1 Å². The van der Waals surface area contributed by atoms with E-state index in [0.717, 1.165) is 0 Å². The van der Waals surface area contributed by atoms with Crippen molar-refractivity contribution >= 4 is 17.5 Å². The van der Waals surface area contributed by atoms with Crippen LogP contribution >= 0.6 is 0 Å². The van der Waals surface area contributed by atoms with E-state index >= 15 is 0 Å². The summed E-state index contributed by atoms with van der Waals surface area (Å²) in [6.45, 7) is 0. The second-order valence-corrected chi connectivity index (χ2v) is 3.62. The third-order valence-electron chi connectivity index (χ3n) is 2.39. The van der Waals surface area contributed by atoms with Crippen molar-refractivity contribution in [1.29, 1.82) is 0 Å². The highest BCUT2D eigenvalue weighted by Gasteiger charge is 2.15. The van der Waals surface area contributed by atoms with Gasteiger partial charge in [-0.3, -0.25) is 9.59 Å². The Balaban J connectivity index is 2.59. The van der Waals surface area contributed by atoms with Crippen LogP contribution in [0.15, 0.2) is 30.5 Å². The molecule has 0 atom stereocenters. The number of anilines is 1. The number of hydrogen-bond donors (Lipinski definition) is 3. The van der Waals surface area contributed by atoms with Crippen molar-refractivity contribution in [1.82, 2.24) is 9.78 Å². The zero-order valence-electron chi connectivity index (χ0n) is 9.33. The average Bonchev–Trinajstić information content (AvgIpc) is 2.71. The Morgan fingerprint density at radius 3 is 2.33 bits per heavy atom. The monoisotopic (exact) mass is 245 g/mol. The molecule has 0 aliphatic heterocycles. The molecule has 6 N–H and O–H groups in total. The maximum absolute atomic E-state index is 11.3. The van der Waals surface area contributed by atoms with Crippen molar-refractivity contribution in [3.8, 4) is 5.69 Å². The van der Waals surface area contributed by atoms with Gasteiger partial charge in [-0.2, -0.15) is 5.10 Å². The highest BCUT2D eigenvalue weighted by atomic mass is 16.1. The van der Waals surface area contributed by atoms with Crippen LogP contribution in [0.25, 0.3) is 5.69 Å². The summed E-state index contributed by atoms with van der Waals surface area (Å²) in [5, 5.41) is 3.93. The first kappa shape index (κ1) is 11.6. The highest BCUT2D eigenvalue weighted by Crippen LogP contribution is 2.17. The summed E-state index contributed by atoms with van der Waals surface area (Å²) in [5.74, 6) is -1.33. The molecular weight excluding hydrogens is 234 g/mol. The summed E-state index contributed by atoms with van der Waals surface area (Å²) in [4.78, 5) is 22.3. The number of nitrogen functional groups attached to an aromatic ring is 1. The molecule has 7 heteroatoms. The van der Waals surface area contributed by atoms with Gasteiger partial charge in [0.05, 0.1) is 23.1 Å². The molecule has 0 unspecified atom stereocenters. The molecule has 1 aromatic heterocycles. The van der Waals surface area contributed by atoms with E-state index in [1.165, 1.54) is 10.9 Å². The third kappa shape index (κ3) is 1.88. The van der Waals surface area contributed by atoms with Crippen LogP contribution in [-0.2, 0) is 0 Å². The maximum atomic E-state index is 11.3. The van der Waals surface area contributed by atoms with Crippen molar-refractivity contribution in [3.05, 3.63) is 41.7 Å². The van der Waals surface area contributed by atoms with Gasteiger partial charge in [0.15, 0.2) is 5.69 Å². The lowest BCUT2D eigenvalue weighted by Crippen LogP contribution is -2.16. The number of aromatic nitrogens is 2. The number of nitrogens with two attached hydrogens (primary N) is 3. The second-order valence-electron chi connectivity index (χ2n) is 3.62. The van der Waals surface area contributed by atoms with Crippen molar-refractivity contribution in [3.63, 3.8) is 0 Å². The first-order chi connectivity index (χ1) is 8.50. The lowest BCUT2D eigenvalue weighted by Gasteiger charge is -2.05. The minimum absolute atomic E-state index is 0.0470. The molecule has 7 nitrogen and oxygen atoms in total. The van der Waals surface area contributed by atoms with Crippen LogP contribution in [0.1, 0.15) is 20.8 Å². The minimum atomic E-state index is -0.734. The van der Waals surface area contributed by atoms with Gasteiger partial charge in [0.2, 0.25) is 0 Å². The number of amides is 2. The lowest BCUT2D eigenvalue weighted by molar-refractivity contribution is 0.0991. The largest absolute Gasteiger partial charge is 0.396 e. The van der Waals surface area contributed by atoms with E-state index in [1.807, 2.05) is 0 Å². The molecule has 92 valence electrons. The summed E-state index contributed by atoms with van der Waals surface area (Å²) in [6.07, 6.45) is 1.40. The molecule has 18 heavy (non-hydrogen) atoms. The summed E-state index contributed by atoms with van der Waals surface area (Å²) in [7, 11) is 0. The fraction of sp³-hybridized carbons (Fsp3) is 0. The average molecular weight is 245 g/mol. The molecule has 0 fully saturated rings. The number of carbonyl (C=O) groups is 2. The first-order valence-electron chi connectivity index (χ1n) is 5.05. The Morgan fingerprint density at radius 1 is 1.11 bits per heavy atom. The molecule has 0 bridgehead atoms. The fourth-order valence-corrected chi connectivity index (χ4v) is 1.58. The summed E-state index contributed by atoms with van der Waals surface area (Å²) >= 11 is 0. The number of benzene rings is 1. The van der Waals surface area contributed by atoms with Crippen molar-refractivity contribution in [2.24, 2.45) is 11.5 Å². The zero-order valence-corrected chi connectivity index (χ0v) is 9.33. The molecule has 1 heterocycles. The van der Waals surface area contributed by atoms with E-state index in [9.17, 15) is 9.59 Å². The first-order valence-corrected chi connectivity index (χ1v) is 5.05. The number of primary amides is 2. The quantitative estimate of drug-likeness (QED) is 0.682.